The number of rotatable bonds is 5. The Labute approximate surface area is 149 Å². The van der Waals surface area contributed by atoms with E-state index in [9.17, 15) is 13.6 Å². The van der Waals surface area contributed by atoms with Crippen LogP contribution in [0.25, 0.3) is 0 Å². The monoisotopic (exact) mass is 370 g/mol. The molecule has 1 amide bonds. The van der Waals surface area contributed by atoms with Crippen molar-refractivity contribution in [3.8, 4) is 0 Å². The van der Waals surface area contributed by atoms with Crippen LogP contribution in [0.2, 0.25) is 0 Å². The molecule has 2 aromatic rings. The standard InChI is InChI=1S/C16H20F2N4O2S/c1-16(2,3)24-15(23)19-8-13-20-21-14(22(13)4)25-9-10-5-11(17)7-12(18)6-10/h5-7H,8-9H2,1-4H3,(H,19,23). The van der Waals surface area contributed by atoms with E-state index < -0.39 is 23.3 Å². The number of hydrogen-bond acceptors (Lipinski definition) is 5. The van der Waals surface area contributed by atoms with Gasteiger partial charge in [-0.15, -0.1) is 10.2 Å². The smallest absolute Gasteiger partial charge is 0.408 e. The topological polar surface area (TPSA) is 69.0 Å². The second-order valence-electron chi connectivity index (χ2n) is 6.38. The normalized spacial score (nSPS) is 11.4. The summed E-state index contributed by atoms with van der Waals surface area (Å²) in [6, 6.07) is 3.38. The van der Waals surface area contributed by atoms with E-state index in [1.165, 1.54) is 23.9 Å². The van der Waals surface area contributed by atoms with E-state index in [2.05, 4.69) is 15.5 Å². The van der Waals surface area contributed by atoms with E-state index in [0.29, 0.717) is 22.3 Å². The highest BCUT2D eigenvalue weighted by atomic mass is 32.2. The fraction of sp³-hybridized carbons (Fsp3) is 0.438. The van der Waals surface area contributed by atoms with Gasteiger partial charge in [0.2, 0.25) is 0 Å². The first-order chi connectivity index (χ1) is 11.6. The second kappa shape index (κ2) is 7.81. The summed E-state index contributed by atoms with van der Waals surface area (Å²) in [6.45, 7) is 5.49. The maximum absolute atomic E-state index is 13.2. The maximum atomic E-state index is 13.2. The lowest BCUT2D eigenvalue weighted by atomic mass is 10.2. The number of thioether (sulfide) groups is 1. The van der Waals surface area contributed by atoms with Gasteiger partial charge in [-0.1, -0.05) is 11.8 Å². The highest BCUT2D eigenvalue weighted by Crippen LogP contribution is 2.22. The molecule has 1 N–H and O–H groups in total. The molecule has 1 aromatic carbocycles. The minimum atomic E-state index is -0.615. The highest BCUT2D eigenvalue weighted by molar-refractivity contribution is 7.98. The Hall–Kier alpha value is -2.16. The van der Waals surface area contributed by atoms with Gasteiger partial charge in [-0.25, -0.2) is 13.6 Å². The molecule has 2 rings (SSSR count). The minimum Gasteiger partial charge on any atom is -0.444 e. The van der Waals surface area contributed by atoms with E-state index in [1.54, 1.807) is 32.4 Å². The van der Waals surface area contributed by atoms with Crippen LogP contribution in [0.15, 0.2) is 23.4 Å². The SMILES string of the molecule is Cn1c(CNC(=O)OC(C)(C)C)nnc1SCc1cc(F)cc(F)c1. The van der Waals surface area contributed by atoms with E-state index in [0.717, 1.165) is 6.07 Å². The van der Waals surface area contributed by atoms with Gasteiger partial charge in [-0.05, 0) is 38.5 Å². The number of nitrogens with zero attached hydrogens (tertiary/aromatic N) is 3. The zero-order chi connectivity index (χ0) is 18.6. The lowest BCUT2D eigenvalue weighted by molar-refractivity contribution is 0.0521. The van der Waals surface area contributed by atoms with Crippen LogP contribution in [-0.2, 0) is 24.1 Å². The van der Waals surface area contributed by atoms with E-state index in [-0.39, 0.29) is 6.54 Å². The van der Waals surface area contributed by atoms with Gasteiger partial charge in [-0.2, -0.15) is 0 Å². The van der Waals surface area contributed by atoms with Crippen molar-refractivity contribution < 1.29 is 18.3 Å². The molecular weight excluding hydrogens is 350 g/mol. The summed E-state index contributed by atoms with van der Waals surface area (Å²) in [7, 11) is 1.75. The Morgan fingerprint density at radius 2 is 1.88 bits per heavy atom. The number of alkyl carbamates (subject to hydrolysis) is 1. The number of halogens is 2. The zero-order valence-corrected chi connectivity index (χ0v) is 15.3. The number of hydrogen-bond donors (Lipinski definition) is 1. The molecule has 9 heteroatoms. The zero-order valence-electron chi connectivity index (χ0n) is 14.5. The quantitative estimate of drug-likeness (QED) is 0.817. The van der Waals surface area contributed by atoms with Crippen LogP contribution in [0.3, 0.4) is 0 Å². The Morgan fingerprint density at radius 3 is 2.48 bits per heavy atom. The van der Waals surface area contributed by atoms with Crippen molar-refractivity contribution in [2.75, 3.05) is 0 Å². The van der Waals surface area contributed by atoms with Gasteiger partial charge in [0.05, 0.1) is 6.54 Å². The van der Waals surface area contributed by atoms with Gasteiger partial charge in [0.15, 0.2) is 11.0 Å². The summed E-state index contributed by atoms with van der Waals surface area (Å²) in [5.74, 6) is -0.342. The van der Waals surface area contributed by atoms with Crippen molar-refractivity contribution in [3.05, 3.63) is 41.2 Å². The van der Waals surface area contributed by atoms with Crippen LogP contribution < -0.4 is 5.32 Å². The molecule has 0 fully saturated rings. The number of carbonyl (C=O) groups excluding carboxylic acids is 1. The molecule has 0 spiro atoms. The largest absolute Gasteiger partial charge is 0.444 e. The summed E-state index contributed by atoms with van der Waals surface area (Å²) < 4.78 is 33.2. The fourth-order valence-electron chi connectivity index (χ4n) is 1.93. The van der Waals surface area contributed by atoms with Crippen LogP contribution in [-0.4, -0.2) is 26.5 Å². The first-order valence-corrected chi connectivity index (χ1v) is 8.55. The molecular formula is C16H20F2N4O2S. The van der Waals surface area contributed by atoms with Crippen LogP contribution in [0, 0.1) is 11.6 Å². The molecule has 0 unspecified atom stereocenters. The van der Waals surface area contributed by atoms with E-state index in [1.807, 2.05) is 0 Å². The third kappa shape index (κ3) is 6.00. The van der Waals surface area contributed by atoms with Crippen molar-refractivity contribution in [1.29, 1.82) is 0 Å². The van der Waals surface area contributed by atoms with E-state index in [4.69, 9.17) is 4.74 Å². The number of ether oxygens (including phenoxy) is 1. The maximum Gasteiger partial charge on any atom is 0.408 e. The molecule has 0 aliphatic heterocycles. The molecule has 0 saturated carbocycles. The predicted octanol–water partition coefficient (Wildman–Crippen LogP) is 3.41. The Morgan fingerprint density at radius 1 is 1.24 bits per heavy atom. The first-order valence-electron chi connectivity index (χ1n) is 7.57. The Kier molecular flexibility index (Phi) is 5.99. The minimum absolute atomic E-state index is 0.160. The summed E-state index contributed by atoms with van der Waals surface area (Å²) in [4.78, 5) is 11.7. The molecule has 0 radical (unpaired) electrons. The summed E-state index contributed by atoms with van der Waals surface area (Å²) in [5.41, 5.74) is -0.0653. The van der Waals surface area contributed by atoms with Gasteiger partial charge < -0.3 is 14.6 Å². The van der Waals surface area contributed by atoms with Crippen molar-refractivity contribution in [3.63, 3.8) is 0 Å². The van der Waals surface area contributed by atoms with Gasteiger partial charge in [0, 0.05) is 18.9 Å². The number of carbonyl (C=O) groups is 1. The molecule has 0 aliphatic rings. The molecule has 6 nitrogen and oxygen atoms in total. The summed E-state index contributed by atoms with van der Waals surface area (Å²) >= 11 is 1.29. The predicted molar refractivity (Wildman–Crippen MR) is 90.0 cm³/mol. The summed E-state index contributed by atoms with van der Waals surface area (Å²) in [5, 5.41) is 11.2. The van der Waals surface area contributed by atoms with Crippen molar-refractivity contribution in [2.45, 2.75) is 43.8 Å². The molecule has 1 aromatic heterocycles. The first kappa shape index (κ1) is 19.2. The van der Waals surface area contributed by atoms with Gasteiger partial charge >= 0.3 is 6.09 Å². The third-order valence-corrected chi connectivity index (χ3v) is 4.10. The van der Waals surface area contributed by atoms with Crippen LogP contribution in [0.1, 0.15) is 32.2 Å². The highest BCUT2D eigenvalue weighted by Gasteiger charge is 2.17. The number of aromatic nitrogens is 3. The Bertz CT molecular complexity index is 739. The lowest BCUT2D eigenvalue weighted by Gasteiger charge is -2.19. The number of amides is 1. The van der Waals surface area contributed by atoms with Crippen LogP contribution in [0.4, 0.5) is 13.6 Å². The average molecular weight is 370 g/mol. The summed E-state index contributed by atoms with van der Waals surface area (Å²) in [6.07, 6.45) is -0.542. The fourth-order valence-corrected chi connectivity index (χ4v) is 2.79. The molecule has 0 bridgehead atoms. The van der Waals surface area contributed by atoms with Crippen LogP contribution in [0.5, 0.6) is 0 Å². The van der Waals surface area contributed by atoms with Crippen molar-refractivity contribution in [2.24, 2.45) is 7.05 Å². The lowest BCUT2D eigenvalue weighted by Crippen LogP contribution is -2.32. The van der Waals surface area contributed by atoms with Gasteiger partial charge in [0.1, 0.15) is 17.2 Å². The molecule has 25 heavy (non-hydrogen) atoms. The molecule has 0 atom stereocenters. The average Bonchev–Trinajstić information content (AvgIpc) is 2.81. The van der Waals surface area contributed by atoms with Crippen LogP contribution >= 0.6 is 11.8 Å². The molecule has 0 saturated heterocycles. The van der Waals surface area contributed by atoms with Crippen molar-refractivity contribution >= 4 is 17.9 Å². The third-order valence-electron chi connectivity index (χ3n) is 3.01. The van der Waals surface area contributed by atoms with Gasteiger partial charge in [-0.3, -0.25) is 0 Å². The van der Waals surface area contributed by atoms with E-state index >= 15 is 0 Å². The molecule has 1 heterocycles. The Balaban J connectivity index is 1.93. The molecule has 136 valence electrons. The number of nitrogens with one attached hydrogen (secondary N) is 1. The van der Waals surface area contributed by atoms with Crippen molar-refractivity contribution in [1.82, 2.24) is 20.1 Å². The van der Waals surface area contributed by atoms with Gasteiger partial charge in [0.25, 0.3) is 0 Å². The molecule has 0 aliphatic carbocycles. The number of benzene rings is 1. The second-order valence-corrected chi connectivity index (χ2v) is 7.32.